The maximum absolute atomic E-state index is 13.0. The van der Waals surface area contributed by atoms with E-state index in [2.05, 4.69) is 9.97 Å². The molecule has 0 aliphatic carbocycles. The Labute approximate surface area is 147 Å². The molecule has 2 fully saturated rings. The van der Waals surface area contributed by atoms with Crippen LogP contribution in [0, 0.1) is 5.41 Å². The molecule has 2 amide bonds. The first-order valence-electron chi connectivity index (χ1n) is 9.11. The van der Waals surface area contributed by atoms with Gasteiger partial charge in [-0.1, -0.05) is 0 Å². The molecule has 0 saturated carbocycles. The lowest BCUT2D eigenvalue weighted by Crippen LogP contribution is -2.55. The molecule has 1 atom stereocenters. The van der Waals surface area contributed by atoms with E-state index in [9.17, 15) is 9.59 Å². The largest absolute Gasteiger partial charge is 0.342 e. The van der Waals surface area contributed by atoms with Crippen LogP contribution in [0.5, 0.6) is 0 Å². The standard InChI is InChI=1S/C19H24N4O2/c1-2-22-12-19(8-6-16(22)24)7-4-10-23(13-19)18(25)15-11-14-5-3-9-20-17(14)21-15/h3,5,9,11H,2,4,6-8,10,12-13H2,1H3,(H,20,21)/t19-/m0/s1. The fraction of sp³-hybridized carbons (Fsp3) is 0.526. The highest BCUT2D eigenvalue weighted by Crippen LogP contribution is 2.39. The third-order valence-corrected chi connectivity index (χ3v) is 5.70. The molecule has 0 bridgehead atoms. The van der Waals surface area contributed by atoms with E-state index in [0.717, 1.165) is 56.5 Å². The predicted octanol–water partition coefficient (Wildman–Crippen LogP) is 2.43. The van der Waals surface area contributed by atoms with Crippen molar-refractivity contribution in [3.63, 3.8) is 0 Å². The zero-order chi connectivity index (χ0) is 17.4. The Bertz CT molecular complexity index is 782. The molecule has 1 N–H and O–H groups in total. The van der Waals surface area contributed by atoms with E-state index >= 15 is 0 Å². The number of likely N-dealkylation sites (tertiary alicyclic amines) is 2. The highest BCUT2D eigenvalue weighted by molar-refractivity contribution is 5.97. The number of nitrogens with one attached hydrogen (secondary N) is 1. The molecule has 0 unspecified atom stereocenters. The van der Waals surface area contributed by atoms with E-state index in [1.54, 1.807) is 6.20 Å². The van der Waals surface area contributed by atoms with Crippen LogP contribution >= 0.6 is 0 Å². The van der Waals surface area contributed by atoms with Gasteiger partial charge in [0.1, 0.15) is 11.3 Å². The maximum Gasteiger partial charge on any atom is 0.270 e. The van der Waals surface area contributed by atoms with Crippen LogP contribution in [0.3, 0.4) is 0 Å². The molecule has 2 saturated heterocycles. The summed E-state index contributed by atoms with van der Waals surface area (Å²) < 4.78 is 0. The number of piperidine rings is 2. The molecule has 0 aromatic carbocycles. The summed E-state index contributed by atoms with van der Waals surface area (Å²) in [5.74, 6) is 0.287. The Morgan fingerprint density at radius 1 is 1.36 bits per heavy atom. The van der Waals surface area contributed by atoms with Gasteiger partial charge in [0.15, 0.2) is 0 Å². The minimum atomic E-state index is 0.0389. The van der Waals surface area contributed by atoms with Crippen molar-refractivity contribution in [2.45, 2.75) is 32.6 Å². The van der Waals surface area contributed by atoms with Gasteiger partial charge in [-0.25, -0.2) is 4.98 Å². The Balaban J connectivity index is 1.54. The van der Waals surface area contributed by atoms with E-state index in [-0.39, 0.29) is 17.2 Å². The highest BCUT2D eigenvalue weighted by atomic mass is 16.2. The molecule has 2 aromatic rings. The highest BCUT2D eigenvalue weighted by Gasteiger charge is 2.42. The average molecular weight is 340 g/mol. The summed E-state index contributed by atoms with van der Waals surface area (Å²) >= 11 is 0. The lowest BCUT2D eigenvalue weighted by Gasteiger charge is -2.48. The van der Waals surface area contributed by atoms with Gasteiger partial charge in [-0.3, -0.25) is 9.59 Å². The molecule has 2 aliphatic heterocycles. The number of hydrogen-bond donors (Lipinski definition) is 1. The van der Waals surface area contributed by atoms with Gasteiger partial charge < -0.3 is 14.8 Å². The molecule has 2 aromatic heterocycles. The second-order valence-corrected chi connectivity index (χ2v) is 7.36. The summed E-state index contributed by atoms with van der Waals surface area (Å²) in [6.45, 7) is 5.07. The van der Waals surface area contributed by atoms with Crippen molar-refractivity contribution < 1.29 is 9.59 Å². The average Bonchev–Trinajstić information content (AvgIpc) is 3.07. The first-order valence-corrected chi connectivity index (χ1v) is 9.11. The predicted molar refractivity (Wildman–Crippen MR) is 95.2 cm³/mol. The van der Waals surface area contributed by atoms with Crippen molar-refractivity contribution in [1.82, 2.24) is 19.8 Å². The quantitative estimate of drug-likeness (QED) is 0.913. The molecule has 2 aliphatic rings. The monoisotopic (exact) mass is 340 g/mol. The normalized spacial score (nSPS) is 24.3. The molecule has 6 nitrogen and oxygen atoms in total. The fourth-order valence-corrected chi connectivity index (χ4v) is 4.35. The van der Waals surface area contributed by atoms with Crippen LogP contribution in [-0.2, 0) is 4.79 Å². The zero-order valence-corrected chi connectivity index (χ0v) is 14.6. The molecule has 0 radical (unpaired) electrons. The van der Waals surface area contributed by atoms with Gasteiger partial charge in [0.25, 0.3) is 5.91 Å². The molecular formula is C19H24N4O2. The summed E-state index contributed by atoms with van der Waals surface area (Å²) in [6.07, 6.45) is 5.30. The van der Waals surface area contributed by atoms with Crippen LogP contribution in [0.4, 0.5) is 0 Å². The summed E-state index contributed by atoms with van der Waals surface area (Å²) in [5, 5.41) is 0.956. The van der Waals surface area contributed by atoms with E-state index in [0.29, 0.717) is 12.1 Å². The number of amides is 2. The second kappa shape index (κ2) is 6.17. The van der Waals surface area contributed by atoms with Crippen molar-refractivity contribution in [1.29, 1.82) is 0 Å². The number of H-pyrrole nitrogens is 1. The Morgan fingerprint density at radius 2 is 2.24 bits per heavy atom. The Hall–Kier alpha value is -2.37. The SMILES string of the molecule is CCN1C[C@]2(CCCN(C(=O)c3cc4cccnc4[nH]3)C2)CCC1=O. The van der Waals surface area contributed by atoms with Crippen LogP contribution in [0.1, 0.15) is 43.1 Å². The van der Waals surface area contributed by atoms with E-state index < -0.39 is 0 Å². The number of hydrogen-bond acceptors (Lipinski definition) is 3. The first kappa shape index (κ1) is 16.1. The van der Waals surface area contributed by atoms with Gasteiger partial charge in [-0.15, -0.1) is 0 Å². The van der Waals surface area contributed by atoms with Crippen LogP contribution in [-0.4, -0.2) is 57.8 Å². The van der Waals surface area contributed by atoms with Crippen LogP contribution < -0.4 is 0 Å². The summed E-state index contributed by atoms with van der Waals surface area (Å²) in [7, 11) is 0. The van der Waals surface area contributed by atoms with Crippen LogP contribution in [0.15, 0.2) is 24.4 Å². The van der Waals surface area contributed by atoms with Gasteiger partial charge in [-0.2, -0.15) is 0 Å². The van der Waals surface area contributed by atoms with Gasteiger partial charge in [-0.05, 0) is 44.4 Å². The fourth-order valence-electron chi connectivity index (χ4n) is 4.35. The Morgan fingerprint density at radius 3 is 3.04 bits per heavy atom. The van der Waals surface area contributed by atoms with Crippen molar-refractivity contribution in [3.05, 3.63) is 30.1 Å². The third kappa shape index (κ3) is 2.90. The van der Waals surface area contributed by atoms with Crippen LogP contribution in [0.2, 0.25) is 0 Å². The molecule has 6 heteroatoms. The number of carbonyl (C=O) groups excluding carboxylic acids is 2. The number of carbonyl (C=O) groups is 2. The topological polar surface area (TPSA) is 69.3 Å². The van der Waals surface area contributed by atoms with Crippen molar-refractivity contribution in [2.75, 3.05) is 26.2 Å². The number of pyridine rings is 1. The molecule has 4 rings (SSSR count). The van der Waals surface area contributed by atoms with Gasteiger partial charge in [0, 0.05) is 49.6 Å². The summed E-state index contributed by atoms with van der Waals surface area (Å²) in [5.41, 5.74) is 1.41. The van der Waals surface area contributed by atoms with Crippen molar-refractivity contribution in [2.24, 2.45) is 5.41 Å². The molecule has 4 heterocycles. The molecule has 132 valence electrons. The van der Waals surface area contributed by atoms with Gasteiger partial charge in [0.05, 0.1) is 0 Å². The van der Waals surface area contributed by atoms with Crippen LogP contribution in [0.25, 0.3) is 11.0 Å². The number of aromatic nitrogens is 2. The van der Waals surface area contributed by atoms with E-state index in [4.69, 9.17) is 0 Å². The van der Waals surface area contributed by atoms with E-state index in [1.807, 2.05) is 34.9 Å². The van der Waals surface area contributed by atoms with Crippen molar-refractivity contribution in [3.8, 4) is 0 Å². The zero-order valence-electron chi connectivity index (χ0n) is 14.6. The number of nitrogens with zero attached hydrogens (tertiary/aromatic N) is 3. The van der Waals surface area contributed by atoms with Crippen molar-refractivity contribution >= 4 is 22.8 Å². The smallest absolute Gasteiger partial charge is 0.270 e. The molecular weight excluding hydrogens is 316 g/mol. The lowest BCUT2D eigenvalue weighted by atomic mass is 9.73. The Kier molecular flexibility index (Phi) is 3.98. The second-order valence-electron chi connectivity index (χ2n) is 7.36. The minimum Gasteiger partial charge on any atom is -0.342 e. The third-order valence-electron chi connectivity index (χ3n) is 5.70. The van der Waals surface area contributed by atoms with Gasteiger partial charge >= 0.3 is 0 Å². The van der Waals surface area contributed by atoms with Gasteiger partial charge in [0.2, 0.25) is 5.91 Å². The molecule has 1 spiro atoms. The summed E-state index contributed by atoms with van der Waals surface area (Å²) in [6, 6.07) is 5.71. The van der Waals surface area contributed by atoms with E-state index in [1.165, 1.54) is 0 Å². The number of rotatable bonds is 2. The number of fused-ring (bicyclic) bond motifs is 1. The molecule has 25 heavy (non-hydrogen) atoms. The minimum absolute atomic E-state index is 0.0389. The summed E-state index contributed by atoms with van der Waals surface area (Å²) in [4.78, 5) is 36.3. The number of aromatic amines is 1. The lowest BCUT2D eigenvalue weighted by molar-refractivity contribution is -0.138. The maximum atomic E-state index is 13.0. The first-order chi connectivity index (χ1) is 12.1.